The fourth-order valence-corrected chi connectivity index (χ4v) is 3.52. The van der Waals surface area contributed by atoms with Gasteiger partial charge in [-0.05, 0) is 38.5 Å². The molecule has 1 N–H and O–H groups in total. The Kier molecular flexibility index (Phi) is 5.90. The number of hydrogen-bond donors (Lipinski definition) is 1. The first-order valence-corrected chi connectivity index (χ1v) is 9.75. The Morgan fingerprint density at radius 1 is 1.31 bits per heavy atom. The van der Waals surface area contributed by atoms with Gasteiger partial charge in [0.2, 0.25) is 5.91 Å². The number of anilines is 1. The average molecular weight is 386 g/mol. The number of amides is 2. The van der Waals surface area contributed by atoms with Crippen LogP contribution in [0.1, 0.15) is 32.8 Å². The first-order valence-electron chi connectivity index (χ1n) is 8.20. The SMILES string of the molecule is CC(C)(C)OC(=O)Nc1ccc(CN2CC(CS(=O)(=O)F)CC2=O)cc1. The van der Waals surface area contributed by atoms with E-state index >= 15 is 0 Å². The van der Waals surface area contributed by atoms with Crippen LogP contribution in [0.25, 0.3) is 0 Å². The van der Waals surface area contributed by atoms with Gasteiger partial charge in [-0.3, -0.25) is 10.1 Å². The van der Waals surface area contributed by atoms with E-state index in [1.165, 1.54) is 4.90 Å². The topological polar surface area (TPSA) is 92.8 Å². The van der Waals surface area contributed by atoms with Crippen LogP contribution in [-0.2, 0) is 26.3 Å². The van der Waals surface area contributed by atoms with E-state index in [1.807, 2.05) is 0 Å². The molecule has 0 aromatic heterocycles. The zero-order valence-electron chi connectivity index (χ0n) is 15.0. The summed E-state index contributed by atoms with van der Waals surface area (Å²) in [5.41, 5.74) is 0.776. The fraction of sp³-hybridized carbons (Fsp3) is 0.529. The van der Waals surface area contributed by atoms with Gasteiger partial charge in [0.25, 0.3) is 0 Å². The van der Waals surface area contributed by atoms with Gasteiger partial charge in [0.05, 0.1) is 5.75 Å². The Morgan fingerprint density at radius 2 is 1.92 bits per heavy atom. The molecule has 1 aliphatic rings. The van der Waals surface area contributed by atoms with Gasteiger partial charge < -0.3 is 9.64 Å². The highest BCUT2D eigenvalue weighted by Gasteiger charge is 2.32. The van der Waals surface area contributed by atoms with Gasteiger partial charge in [-0.25, -0.2) is 4.79 Å². The van der Waals surface area contributed by atoms with E-state index in [0.717, 1.165) is 5.56 Å². The van der Waals surface area contributed by atoms with Gasteiger partial charge in [-0.15, -0.1) is 3.89 Å². The first kappa shape index (κ1) is 20.2. The predicted molar refractivity (Wildman–Crippen MR) is 94.7 cm³/mol. The van der Waals surface area contributed by atoms with Crippen LogP contribution in [-0.4, -0.2) is 43.2 Å². The standard InChI is InChI=1S/C17H23FN2O5S/c1-17(2,3)25-16(22)19-14-6-4-12(5-7-14)9-20-10-13(8-15(20)21)11-26(18,23)24/h4-7,13H,8-11H2,1-3H3,(H,19,22). The van der Waals surface area contributed by atoms with E-state index in [0.29, 0.717) is 12.2 Å². The number of benzene rings is 1. The number of carbonyl (C=O) groups is 2. The fourth-order valence-electron chi connectivity index (χ4n) is 2.74. The smallest absolute Gasteiger partial charge is 0.412 e. The van der Waals surface area contributed by atoms with Gasteiger partial charge >= 0.3 is 16.3 Å². The molecule has 7 nitrogen and oxygen atoms in total. The van der Waals surface area contributed by atoms with Crippen LogP contribution >= 0.6 is 0 Å². The molecule has 1 atom stereocenters. The number of halogens is 1. The molecule has 144 valence electrons. The molecule has 0 bridgehead atoms. The molecule has 1 saturated heterocycles. The van der Waals surface area contributed by atoms with Gasteiger partial charge in [0.1, 0.15) is 5.60 Å². The third-order valence-electron chi connectivity index (χ3n) is 3.70. The van der Waals surface area contributed by atoms with Crippen LogP contribution in [0.15, 0.2) is 24.3 Å². The van der Waals surface area contributed by atoms with Crippen molar-refractivity contribution in [3.05, 3.63) is 29.8 Å². The van der Waals surface area contributed by atoms with Crippen LogP contribution in [0, 0.1) is 5.92 Å². The Morgan fingerprint density at radius 3 is 2.46 bits per heavy atom. The molecule has 2 amide bonds. The minimum absolute atomic E-state index is 0.0292. The lowest BCUT2D eigenvalue weighted by molar-refractivity contribution is -0.128. The Labute approximate surface area is 152 Å². The molecule has 1 unspecified atom stereocenters. The molecule has 1 fully saturated rings. The van der Waals surface area contributed by atoms with Crippen molar-refractivity contribution in [3.63, 3.8) is 0 Å². The zero-order valence-corrected chi connectivity index (χ0v) is 15.8. The Bertz CT molecular complexity index is 771. The molecule has 1 aromatic rings. The maximum atomic E-state index is 12.8. The second kappa shape index (κ2) is 7.61. The van der Waals surface area contributed by atoms with E-state index < -0.39 is 33.6 Å². The molecule has 0 saturated carbocycles. The molecule has 9 heteroatoms. The lowest BCUT2D eigenvalue weighted by Gasteiger charge is -2.20. The minimum atomic E-state index is -4.59. The maximum absolute atomic E-state index is 12.8. The third kappa shape index (κ3) is 6.62. The highest BCUT2D eigenvalue weighted by molar-refractivity contribution is 7.86. The number of hydrogen-bond acceptors (Lipinski definition) is 5. The summed E-state index contributed by atoms with van der Waals surface area (Å²) >= 11 is 0. The minimum Gasteiger partial charge on any atom is -0.444 e. The number of nitrogens with zero attached hydrogens (tertiary/aromatic N) is 1. The second-order valence-corrected chi connectivity index (χ2v) is 8.78. The lowest BCUT2D eigenvalue weighted by Crippen LogP contribution is -2.27. The molecule has 1 aromatic carbocycles. The quantitative estimate of drug-likeness (QED) is 0.786. The lowest BCUT2D eigenvalue weighted by atomic mass is 10.1. The molecule has 0 radical (unpaired) electrons. The van der Waals surface area contributed by atoms with Crippen LogP contribution < -0.4 is 5.32 Å². The van der Waals surface area contributed by atoms with Gasteiger partial charge in [-0.2, -0.15) is 8.42 Å². The monoisotopic (exact) mass is 386 g/mol. The number of nitrogens with one attached hydrogen (secondary N) is 1. The first-order chi connectivity index (χ1) is 11.9. The Balaban J connectivity index is 1.91. The number of carbonyl (C=O) groups excluding carboxylic acids is 2. The van der Waals surface area contributed by atoms with Crippen molar-refractivity contribution in [2.24, 2.45) is 5.92 Å². The molecule has 0 aliphatic carbocycles. The van der Waals surface area contributed by atoms with Crippen molar-refractivity contribution >= 4 is 27.9 Å². The summed E-state index contributed by atoms with van der Waals surface area (Å²) in [6.07, 6.45) is -0.531. The van der Waals surface area contributed by atoms with Crippen molar-refractivity contribution in [1.29, 1.82) is 0 Å². The van der Waals surface area contributed by atoms with E-state index in [2.05, 4.69) is 5.32 Å². The van der Waals surface area contributed by atoms with Crippen molar-refractivity contribution in [2.75, 3.05) is 17.6 Å². The third-order valence-corrected chi connectivity index (χ3v) is 4.57. The van der Waals surface area contributed by atoms with Crippen LogP contribution in [0.2, 0.25) is 0 Å². The highest BCUT2D eigenvalue weighted by Crippen LogP contribution is 2.23. The average Bonchev–Trinajstić information content (AvgIpc) is 2.76. The van der Waals surface area contributed by atoms with Crippen molar-refractivity contribution in [2.45, 2.75) is 39.3 Å². The van der Waals surface area contributed by atoms with E-state index in [4.69, 9.17) is 4.74 Å². The normalized spacial score (nSPS) is 18.1. The summed E-state index contributed by atoms with van der Waals surface area (Å²) in [4.78, 5) is 25.2. The molecular weight excluding hydrogens is 363 g/mol. The summed E-state index contributed by atoms with van der Waals surface area (Å²) in [6.45, 7) is 5.81. The number of rotatable bonds is 5. The maximum Gasteiger partial charge on any atom is 0.412 e. The highest BCUT2D eigenvalue weighted by atomic mass is 32.3. The summed E-state index contributed by atoms with van der Waals surface area (Å²) in [6, 6.07) is 6.87. The van der Waals surface area contributed by atoms with Crippen molar-refractivity contribution in [3.8, 4) is 0 Å². The summed E-state index contributed by atoms with van der Waals surface area (Å²) in [7, 11) is -4.59. The van der Waals surface area contributed by atoms with Gasteiger partial charge in [-0.1, -0.05) is 12.1 Å². The van der Waals surface area contributed by atoms with E-state index in [-0.39, 0.29) is 18.9 Å². The Hall–Kier alpha value is -2.16. The summed E-state index contributed by atoms with van der Waals surface area (Å²) in [5, 5.41) is 2.61. The van der Waals surface area contributed by atoms with Crippen LogP contribution in [0.5, 0.6) is 0 Å². The molecule has 0 spiro atoms. The molecule has 26 heavy (non-hydrogen) atoms. The largest absolute Gasteiger partial charge is 0.444 e. The van der Waals surface area contributed by atoms with Crippen molar-refractivity contribution < 1.29 is 26.6 Å². The molecule has 2 rings (SSSR count). The summed E-state index contributed by atoms with van der Waals surface area (Å²) < 4.78 is 39.4. The summed E-state index contributed by atoms with van der Waals surface area (Å²) in [5.74, 6) is -1.35. The van der Waals surface area contributed by atoms with Gasteiger partial charge in [0.15, 0.2) is 0 Å². The molecule has 1 aliphatic heterocycles. The second-order valence-electron chi connectivity index (χ2n) is 7.37. The van der Waals surface area contributed by atoms with Crippen LogP contribution in [0.4, 0.5) is 14.4 Å². The zero-order chi connectivity index (χ0) is 19.5. The number of ether oxygens (including phenoxy) is 1. The predicted octanol–water partition coefficient (Wildman–Crippen LogP) is 2.68. The number of likely N-dealkylation sites (tertiary alicyclic amines) is 1. The van der Waals surface area contributed by atoms with Crippen molar-refractivity contribution in [1.82, 2.24) is 4.90 Å². The molecular formula is C17H23FN2O5S. The van der Waals surface area contributed by atoms with Crippen LogP contribution in [0.3, 0.4) is 0 Å². The van der Waals surface area contributed by atoms with E-state index in [9.17, 15) is 21.9 Å². The molecule has 1 heterocycles. The van der Waals surface area contributed by atoms with E-state index in [1.54, 1.807) is 45.0 Å². The van der Waals surface area contributed by atoms with Gasteiger partial charge in [0, 0.05) is 31.1 Å².